The van der Waals surface area contributed by atoms with Crippen LogP contribution >= 0.6 is 0 Å². The fourth-order valence-electron chi connectivity index (χ4n) is 2.10. The Balaban J connectivity index is 2.40. The minimum Gasteiger partial charge on any atom is -0.487 e. The molecule has 0 aromatic heterocycles. The van der Waals surface area contributed by atoms with Crippen LogP contribution in [0.4, 0.5) is 13.2 Å². The molecule has 2 rings (SSSR count). The Morgan fingerprint density at radius 2 is 1.79 bits per heavy atom. The van der Waals surface area contributed by atoms with Crippen LogP contribution in [0, 0.1) is 0 Å². The molecule has 0 fully saturated rings. The van der Waals surface area contributed by atoms with Crippen molar-refractivity contribution in [3.63, 3.8) is 0 Å². The zero-order valence-electron chi connectivity index (χ0n) is 12.8. The van der Waals surface area contributed by atoms with E-state index in [9.17, 15) is 18.0 Å². The van der Waals surface area contributed by atoms with Gasteiger partial charge >= 0.3 is 6.36 Å². The molecule has 24 heavy (non-hydrogen) atoms. The molecule has 7 heteroatoms. The predicted octanol–water partition coefficient (Wildman–Crippen LogP) is 4.09. The summed E-state index contributed by atoms with van der Waals surface area (Å²) in [7, 11) is 1.45. The molecule has 0 saturated heterocycles. The van der Waals surface area contributed by atoms with E-state index >= 15 is 0 Å². The molecule has 0 spiro atoms. The molecule has 0 heterocycles. The van der Waals surface area contributed by atoms with Crippen LogP contribution in [0.2, 0.25) is 0 Å². The second-order valence-corrected chi connectivity index (χ2v) is 4.76. The maximum Gasteiger partial charge on any atom is 0.573 e. The molecule has 0 atom stereocenters. The Kier molecular flexibility index (Phi) is 5.81. The summed E-state index contributed by atoms with van der Waals surface area (Å²) >= 11 is 0. The summed E-state index contributed by atoms with van der Waals surface area (Å²) in [5.74, 6) is -0.534. The molecule has 0 saturated carbocycles. The van der Waals surface area contributed by atoms with E-state index in [1.807, 2.05) is 0 Å². The quantitative estimate of drug-likeness (QED) is 0.562. The number of hydrogen-bond donors (Lipinski definition) is 0. The van der Waals surface area contributed by atoms with Gasteiger partial charge < -0.3 is 14.2 Å². The fraction of sp³-hybridized carbons (Fsp3) is 0.235. The van der Waals surface area contributed by atoms with Crippen LogP contribution in [-0.4, -0.2) is 33.0 Å². The van der Waals surface area contributed by atoms with Gasteiger partial charge in [0.05, 0.1) is 6.61 Å². The molecule has 0 aliphatic rings. The Morgan fingerprint density at radius 1 is 1.04 bits per heavy atom. The van der Waals surface area contributed by atoms with Crippen LogP contribution in [0.15, 0.2) is 42.5 Å². The van der Waals surface area contributed by atoms with Crippen molar-refractivity contribution in [2.75, 3.05) is 20.3 Å². The van der Waals surface area contributed by atoms with Crippen molar-refractivity contribution >= 4 is 6.29 Å². The summed E-state index contributed by atoms with van der Waals surface area (Å²) < 4.78 is 52.0. The Hall–Kier alpha value is -2.54. The van der Waals surface area contributed by atoms with Crippen molar-refractivity contribution < 1.29 is 32.2 Å². The van der Waals surface area contributed by atoms with Crippen LogP contribution in [0.5, 0.6) is 11.5 Å². The smallest absolute Gasteiger partial charge is 0.487 e. The van der Waals surface area contributed by atoms with E-state index in [2.05, 4.69) is 4.74 Å². The highest BCUT2D eigenvalue weighted by atomic mass is 19.4. The van der Waals surface area contributed by atoms with Gasteiger partial charge in [-0.05, 0) is 23.3 Å². The van der Waals surface area contributed by atoms with Crippen LogP contribution < -0.4 is 9.47 Å². The number of halogens is 3. The summed E-state index contributed by atoms with van der Waals surface area (Å²) in [4.78, 5) is 11.1. The van der Waals surface area contributed by atoms with Crippen molar-refractivity contribution in [2.45, 2.75) is 6.36 Å². The highest BCUT2D eigenvalue weighted by Crippen LogP contribution is 2.36. The summed E-state index contributed by atoms with van der Waals surface area (Å²) in [6.07, 6.45) is -4.22. The number of alkyl halides is 3. The molecule has 0 aliphatic heterocycles. The number of benzene rings is 2. The first-order chi connectivity index (χ1) is 11.4. The van der Waals surface area contributed by atoms with Crippen molar-refractivity contribution in [2.24, 2.45) is 0 Å². The summed E-state index contributed by atoms with van der Waals surface area (Å²) in [6, 6.07) is 10.7. The van der Waals surface area contributed by atoms with E-state index in [-0.39, 0.29) is 19.0 Å². The second-order valence-electron chi connectivity index (χ2n) is 4.76. The Bertz CT molecular complexity index is 698. The van der Waals surface area contributed by atoms with Gasteiger partial charge in [-0.3, -0.25) is 4.79 Å². The lowest BCUT2D eigenvalue weighted by Gasteiger charge is -2.16. The van der Waals surface area contributed by atoms with E-state index in [4.69, 9.17) is 9.47 Å². The third-order valence-electron chi connectivity index (χ3n) is 3.11. The summed E-state index contributed by atoms with van der Waals surface area (Å²) in [6.45, 7) is 0.302. The monoisotopic (exact) mass is 340 g/mol. The molecular weight excluding hydrogens is 325 g/mol. The summed E-state index contributed by atoms with van der Waals surface area (Å²) in [5.41, 5.74) is 1.28. The van der Waals surface area contributed by atoms with Gasteiger partial charge in [-0.1, -0.05) is 30.3 Å². The Morgan fingerprint density at radius 3 is 2.46 bits per heavy atom. The van der Waals surface area contributed by atoms with Crippen molar-refractivity contribution in [1.29, 1.82) is 0 Å². The highest BCUT2D eigenvalue weighted by molar-refractivity contribution is 5.87. The third kappa shape index (κ3) is 4.73. The highest BCUT2D eigenvalue weighted by Gasteiger charge is 2.32. The van der Waals surface area contributed by atoms with E-state index in [1.54, 1.807) is 30.3 Å². The minimum atomic E-state index is -4.86. The lowest BCUT2D eigenvalue weighted by molar-refractivity contribution is -0.275. The fourth-order valence-corrected chi connectivity index (χ4v) is 2.10. The van der Waals surface area contributed by atoms with Crippen molar-refractivity contribution in [3.8, 4) is 22.6 Å². The van der Waals surface area contributed by atoms with Crippen LogP contribution in [0.3, 0.4) is 0 Å². The van der Waals surface area contributed by atoms with Gasteiger partial charge in [0, 0.05) is 12.7 Å². The van der Waals surface area contributed by atoms with Gasteiger partial charge in [0.25, 0.3) is 0 Å². The topological polar surface area (TPSA) is 44.8 Å². The zero-order chi connectivity index (χ0) is 17.6. The number of aldehydes is 1. The van der Waals surface area contributed by atoms with Crippen molar-refractivity contribution in [3.05, 3.63) is 48.0 Å². The van der Waals surface area contributed by atoms with Gasteiger partial charge in [-0.15, -0.1) is 13.2 Å². The standard InChI is InChI=1S/C17H15F3O4/c1-22-8-9-23-15-7-6-12(10-16(15)24-17(18,19)20)14-5-3-2-4-13(14)11-21/h2-7,10-11H,8-9H2,1H3. The third-order valence-corrected chi connectivity index (χ3v) is 3.11. The molecule has 0 N–H and O–H groups in total. The molecule has 4 nitrogen and oxygen atoms in total. The van der Waals surface area contributed by atoms with Gasteiger partial charge in [-0.2, -0.15) is 0 Å². The zero-order valence-corrected chi connectivity index (χ0v) is 12.8. The second kappa shape index (κ2) is 7.83. The first-order valence-corrected chi connectivity index (χ1v) is 7.00. The molecule has 0 amide bonds. The molecule has 128 valence electrons. The van der Waals surface area contributed by atoms with E-state index < -0.39 is 12.1 Å². The number of carbonyl (C=O) groups excluding carboxylic acids is 1. The number of hydrogen-bond acceptors (Lipinski definition) is 4. The number of rotatable bonds is 7. The van der Waals surface area contributed by atoms with E-state index in [0.717, 1.165) is 0 Å². The van der Waals surface area contributed by atoms with E-state index in [0.29, 0.717) is 23.0 Å². The maximum atomic E-state index is 12.6. The van der Waals surface area contributed by atoms with Crippen LogP contribution in [0.1, 0.15) is 10.4 Å². The molecule has 0 radical (unpaired) electrons. The van der Waals surface area contributed by atoms with Gasteiger partial charge in [0.15, 0.2) is 17.8 Å². The molecule has 0 unspecified atom stereocenters. The average molecular weight is 340 g/mol. The van der Waals surface area contributed by atoms with E-state index in [1.165, 1.54) is 19.2 Å². The predicted molar refractivity (Wildman–Crippen MR) is 81.3 cm³/mol. The largest absolute Gasteiger partial charge is 0.573 e. The normalized spacial score (nSPS) is 11.2. The minimum absolute atomic E-state index is 0.0586. The molecule has 2 aromatic carbocycles. The SMILES string of the molecule is COCCOc1ccc(-c2ccccc2C=O)cc1OC(F)(F)F. The van der Waals surface area contributed by atoms with Gasteiger partial charge in [0.2, 0.25) is 0 Å². The molecular formula is C17H15F3O4. The first kappa shape index (κ1) is 17.8. The number of methoxy groups -OCH3 is 1. The van der Waals surface area contributed by atoms with Crippen LogP contribution in [-0.2, 0) is 4.74 Å². The number of carbonyl (C=O) groups is 1. The van der Waals surface area contributed by atoms with Crippen LogP contribution in [0.25, 0.3) is 11.1 Å². The molecule has 0 aliphatic carbocycles. The van der Waals surface area contributed by atoms with Gasteiger partial charge in [-0.25, -0.2) is 0 Å². The molecule has 2 aromatic rings. The van der Waals surface area contributed by atoms with Crippen molar-refractivity contribution in [1.82, 2.24) is 0 Å². The van der Waals surface area contributed by atoms with Gasteiger partial charge in [0.1, 0.15) is 6.61 Å². The Labute approximate surface area is 136 Å². The lowest BCUT2D eigenvalue weighted by Crippen LogP contribution is -2.18. The average Bonchev–Trinajstić information content (AvgIpc) is 2.55. The lowest BCUT2D eigenvalue weighted by atomic mass is 10.00. The maximum absolute atomic E-state index is 12.6. The number of ether oxygens (including phenoxy) is 3. The first-order valence-electron chi connectivity index (χ1n) is 7.00. The molecule has 0 bridgehead atoms. The summed E-state index contributed by atoms with van der Waals surface area (Å²) in [5, 5.41) is 0.